The molecule has 0 saturated carbocycles. The molecule has 0 radical (unpaired) electrons. The lowest BCUT2D eigenvalue weighted by atomic mass is 10.2. The summed E-state index contributed by atoms with van der Waals surface area (Å²) < 4.78 is 0. The zero-order valence-electron chi connectivity index (χ0n) is 8.18. The second-order valence-corrected chi connectivity index (χ2v) is 3.55. The molecule has 1 unspecified atom stereocenters. The molecule has 1 atom stereocenters. The molecule has 14 heavy (non-hydrogen) atoms. The minimum atomic E-state index is 0.112. The minimum absolute atomic E-state index is 0.112. The van der Waals surface area contributed by atoms with Crippen molar-refractivity contribution in [2.24, 2.45) is 0 Å². The fourth-order valence-corrected chi connectivity index (χ4v) is 1.62. The van der Waals surface area contributed by atoms with Gasteiger partial charge in [-0.1, -0.05) is 36.4 Å². The summed E-state index contributed by atoms with van der Waals surface area (Å²) in [7, 11) is 0. The number of rotatable bonds is 2. The van der Waals surface area contributed by atoms with Crippen molar-refractivity contribution in [1.82, 2.24) is 4.90 Å². The Labute approximate surface area is 83.8 Å². The Balaban J connectivity index is 2.09. The monoisotopic (exact) mass is 187 g/mol. The molecular formula is C12H13NO. The predicted molar refractivity (Wildman–Crippen MR) is 55.6 cm³/mol. The van der Waals surface area contributed by atoms with Crippen molar-refractivity contribution in [2.45, 2.75) is 19.5 Å². The van der Waals surface area contributed by atoms with E-state index in [0.29, 0.717) is 6.54 Å². The average Bonchev–Trinajstić information content (AvgIpc) is 2.51. The Hall–Kier alpha value is -1.57. The Bertz CT molecular complexity index is 356. The van der Waals surface area contributed by atoms with Gasteiger partial charge in [0.05, 0.1) is 0 Å². The Morgan fingerprint density at radius 1 is 1.29 bits per heavy atom. The first-order chi connectivity index (χ1) is 6.77. The first kappa shape index (κ1) is 9.00. The molecule has 1 aromatic carbocycles. The molecule has 0 spiro atoms. The molecule has 2 rings (SSSR count). The zero-order valence-corrected chi connectivity index (χ0v) is 8.18. The molecule has 0 saturated heterocycles. The summed E-state index contributed by atoms with van der Waals surface area (Å²) in [5.41, 5.74) is 1.18. The van der Waals surface area contributed by atoms with E-state index in [9.17, 15) is 4.79 Å². The third kappa shape index (κ3) is 1.69. The molecule has 0 fully saturated rings. The van der Waals surface area contributed by atoms with Crippen LogP contribution in [0.3, 0.4) is 0 Å². The van der Waals surface area contributed by atoms with Crippen molar-refractivity contribution in [3.05, 3.63) is 48.0 Å². The van der Waals surface area contributed by atoms with E-state index in [1.807, 2.05) is 48.2 Å². The van der Waals surface area contributed by atoms with E-state index >= 15 is 0 Å². The van der Waals surface area contributed by atoms with Crippen LogP contribution in [0.5, 0.6) is 0 Å². The first-order valence-electron chi connectivity index (χ1n) is 4.80. The van der Waals surface area contributed by atoms with E-state index in [1.165, 1.54) is 5.56 Å². The highest BCUT2D eigenvalue weighted by atomic mass is 16.2. The van der Waals surface area contributed by atoms with E-state index < -0.39 is 0 Å². The third-order valence-electron chi connectivity index (χ3n) is 2.49. The number of benzene rings is 1. The normalized spacial score (nSPS) is 20.5. The summed E-state index contributed by atoms with van der Waals surface area (Å²) in [4.78, 5) is 13.3. The lowest BCUT2D eigenvalue weighted by molar-refractivity contribution is -0.126. The molecule has 0 aromatic heterocycles. The molecule has 2 nitrogen and oxygen atoms in total. The van der Waals surface area contributed by atoms with E-state index in [2.05, 4.69) is 0 Å². The van der Waals surface area contributed by atoms with Gasteiger partial charge in [0, 0.05) is 18.7 Å². The number of nitrogens with zero attached hydrogens (tertiary/aromatic N) is 1. The summed E-state index contributed by atoms with van der Waals surface area (Å²) in [6.07, 6.45) is 3.58. The van der Waals surface area contributed by atoms with Crippen molar-refractivity contribution in [3.8, 4) is 0 Å². The lowest BCUT2D eigenvalue weighted by Crippen LogP contribution is -2.31. The van der Waals surface area contributed by atoms with E-state index in [0.717, 1.165) is 0 Å². The second kappa shape index (κ2) is 3.66. The van der Waals surface area contributed by atoms with Crippen molar-refractivity contribution in [1.29, 1.82) is 0 Å². The maximum atomic E-state index is 11.4. The van der Waals surface area contributed by atoms with Crippen LogP contribution >= 0.6 is 0 Å². The van der Waals surface area contributed by atoms with Gasteiger partial charge in [0.25, 0.3) is 0 Å². The van der Waals surface area contributed by atoms with Crippen LogP contribution in [-0.2, 0) is 11.3 Å². The fraction of sp³-hybridized carbons (Fsp3) is 0.250. The van der Waals surface area contributed by atoms with Gasteiger partial charge in [0.2, 0.25) is 5.91 Å². The van der Waals surface area contributed by atoms with Gasteiger partial charge in [-0.3, -0.25) is 4.79 Å². The van der Waals surface area contributed by atoms with Crippen LogP contribution in [0, 0.1) is 0 Å². The summed E-state index contributed by atoms with van der Waals surface area (Å²) >= 11 is 0. The van der Waals surface area contributed by atoms with E-state index in [4.69, 9.17) is 0 Å². The Morgan fingerprint density at radius 2 is 2.00 bits per heavy atom. The molecule has 1 amide bonds. The number of carbonyl (C=O) groups excluding carboxylic acids is 1. The third-order valence-corrected chi connectivity index (χ3v) is 2.49. The summed E-state index contributed by atoms with van der Waals surface area (Å²) in [5.74, 6) is 0.112. The maximum absolute atomic E-state index is 11.4. The van der Waals surface area contributed by atoms with Gasteiger partial charge in [0.15, 0.2) is 0 Å². The molecule has 72 valence electrons. The SMILES string of the molecule is CC1C=CC(=O)N1Cc1ccccc1. The predicted octanol–water partition coefficient (Wildman–Crippen LogP) is 1.97. The van der Waals surface area contributed by atoms with Crippen LogP contribution in [0.1, 0.15) is 12.5 Å². The van der Waals surface area contributed by atoms with Crippen LogP contribution in [0.25, 0.3) is 0 Å². The topological polar surface area (TPSA) is 20.3 Å². The fourth-order valence-electron chi connectivity index (χ4n) is 1.62. The summed E-state index contributed by atoms with van der Waals surface area (Å²) in [6, 6.07) is 10.3. The van der Waals surface area contributed by atoms with Gasteiger partial charge in [-0.25, -0.2) is 0 Å². The van der Waals surface area contributed by atoms with Crippen LogP contribution in [0.15, 0.2) is 42.5 Å². The molecule has 0 bridgehead atoms. The highest BCUT2D eigenvalue weighted by molar-refractivity contribution is 5.90. The zero-order chi connectivity index (χ0) is 9.97. The van der Waals surface area contributed by atoms with Crippen LogP contribution < -0.4 is 0 Å². The molecule has 0 N–H and O–H groups in total. The van der Waals surface area contributed by atoms with E-state index in [1.54, 1.807) is 6.08 Å². The molecule has 1 heterocycles. The van der Waals surface area contributed by atoms with Crippen LogP contribution in [0.4, 0.5) is 0 Å². The van der Waals surface area contributed by atoms with Crippen LogP contribution in [-0.4, -0.2) is 16.8 Å². The Kier molecular flexibility index (Phi) is 2.35. The number of carbonyl (C=O) groups is 1. The number of amides is 1. The highest BCUT2D eigenvalue weighted by Crippen LogP contribution is 2.14. The smallest absolute Gasteiger partial charge is 0.247 e. The van der Waals surface area contributed by atoms with Crippen molar-refractivity contribution in [2.75, 3.05) is 0 Å². The van der Waals surface area contributed by atoms with Crippen molar-refractivity contribution in [3.63, 3.8) is 0 Å². The van der Waals surface area contributed by atoms with Crippen molar-refractivity contribution >= 4 is 5.91 Å². The van der Waals surface area contributed by atoms with Gasteiger partial charge in [-0.05, 0) is 12.5 Å². The van der Waals surface area contributed by atoms with Crippen LogP contribution in [0.2, 0.25) is 0 Å². The second-order valence-electron chi connectivity index (χ2n) is 3.55. The summed E-state index contributed by atoms with van der Waals surface area (Å²) in [5, 5.41) is 0. The van der Waals surface area contributed by atoms with Gasteiger partial charge in [-0.15, -0.1) is 0 Å². The lowest BCUT2D eigenvalue weighted by Gasteiger charge is -2.21. The molecule has 2 heteroatoms. The standard InChI is InChI=1S/C12H13NO/c1-10-7-8-12(14)13(10)9-11-5-3-2-4-6-11/h2-8,10H,9H2,1H3. The van der Waals surface area contributed by atoms with Crippen molar-refractivity contribution < 1.29 is 4.79 Å². The summed E-state index contributed by atoms with van der Waals surface area (Å²) in [6.45, 7) is 2.73. The quantitative estimate of drug-likeness (QED) is 0.693. The minimum Gasteiger partial charge on any atom is -0.329 e. The largest absolute Gasteiger partial charge is 0.329 e. The first-order valence-corrected chi connectivity index (χ1v) is 4.80. The average molecular weight is 187 g/mol. The number of hydrogen-bond donors (Lipinski definition) is 0. The van der Waals surface area contributed by atoms with E-state index in [-0.39, 0.29) is 11.9 Å². The molecule has 0 aliphatic carbocycles. The maximum Gasteiger partial charge on any atom is 0.247 e. The molecular weight excluding hydrogens is 174 g/mol. The molecule has 1 aromatic rings. The molecule has 1 aliphatic rings. The van der Waals surface area contributed by atoms with Gasteiger partial charge in [0.1, 0.15) is 0 Å². The number of hydrogen-bond acceptors (Lipinski definition) is 1. The van der Waals surface area contributed by atoms with Gasteiger partial charge < -0.3 is 4.90 Å². The van der Waals surface area contributed by atoms with Gasteiger partial charge >= 0.3 is 0 Å². The molecule has 1 aliphatic heterocycles. The Morgan fingerprint density at radius 3 is 2.57 bits per heavy atom. The highest BCUT2D eigenvalue weighted by Gasteiger charge is 2.21. The van der Waals surface area contributed by atoms with Gasteiger partial charge in [-0.2, -0.15) is 0 Å².